The van der Waals surface area contributed by atoms with Gasteiger partial charge in [-0.2, -0.15) is 0 Å². The van der Waals surface area contributed by atoms with E-state index in [2.05, 4.69) is 31.5 Å². The Morgan fingerprint density at radius 2 is 1.79 bits per heavy atom. The number of likely N-dealkylation sites (tertiary alicyclic amines) is 1. The van der Waals surface area contributed by atoms with Gasteiger partial charge in [0.25, 0.3) is 0 Å². The number of aromatic nitrogens is 1. The average molecular weight is 446 g/mol. The van der Waals surface area contributed by atoms with Crippen LogP contribution in [0.1, 0.15) is 18.4 Å². The first-order valence-electron chi connectivity index (χ1n) is 9.27. The molecule has 3 amide bonds. The van der Waals surface area contributed by atoms with Crippen LogP contribution >= 0.6 is 15.9 Å². The lowest BCUT2D eigenvalue weighted by atomic mass is 10.0. The fourth-order valence-corrected chi connectivity index (χ4v) is 3.49. The lowest BCUT2D eigenvalue weighted by Gasteiger charge is -2.33. The molecule has 1 aliphatic rings. The number of nitrogens with zero attached hydrogens (tertiary/aromatic N) is 2. The number of piperidine rings is 1. The Labute approximate surface area is 172 Å². The van der Waals surface area contributed by atoms with E-state index in [9.17, 15) is 9.59 Å². The lowest BCUT2D eigenvalue weighted by Crippen LogP contribution is -2.51. The van der Waals surface area contributed by atoms with Gasteiger partial charge < -0.3 is 21.3 Å². The third kappa shape index (κ3) is 5.77. The maximum atomic E-state index is 12.6. The fourth-order valence-electron chi connectivity index (χ4n) is 3.23. The highest BCUT2D eigenvalue weighted by Gasteiger charge is 2.27. The molecule has 1 atom stereocenters. The number of hydrogen-bond acceptors (Lipinski definition) is 4. The number of amides is 3. The Morgan fingerprint density at radius 3 is 2.43 bits per heavy atom. The molecular formula is C20H24BrN5O2. The SMILES string of the molecule is N[C@H](Cc1ccc(Br)cc1)C(=O)N1CCC(NC(=O)Nc2ccncc2)CC1. The van der Waals surface area contributed by atoms with Crippen molar-refractivity contribution in [3.63, 3.8) is 0 Å². The van der Waals surface area contributed by atoms with Crippen molar-refractivity contribution in [1.29, 1.82) is 0 Å². The molecule has 148 valence electrons. The van der Waals surface area contributed by atoms with Crippen molar-refractivity contribution >= 4 is 33.6 Å². The maximum absolute atomic E-state index is 12.6. The molecule has 0 bridgehead atoms. The number of carbonyl (C=O) groups excluding carboxylic acids is 2. The number of halogens is 1. The standard InChI is InChI=1S/C20H24BrN5O2/c21-15-3-1-14(2-4-15)13-18(22)19(27)26-11-7-17(8-12-26)25-20(28)24-16-5-9-23-10-6-16/h1-6,9-10,17-18H,7-8,11-13,22H2,(H2,23,24,25,28)/t18-/m1/s1. The number of urea groups is 1. The molecule has 7 nitrogen and oxygen atoms in total. The molecule has 1 fully saturated rings. The number of carbonyl (C=O) groups is 2. The Morgan fingerprint density at radius 1 is 1.14 bits per heavy atom. The van der Waals surface area contributed by atoms with Crippen molar-refractivity contribution in [1.82, 2.24) is 15.2 Å². The summed E-state index contributed by atoms with van der Waals surface area (Å²) in [6.45, 7) is 1.18. The van der Waals surface area contributed by atoms with Gasteiger partial charge in [-0.25, -0.2) is 4.79 Å². The molecule has 2 heterocycles. The molecule has 0 unspecified atom stereocenters. The average Bonchev–Trinajstić information content (AvgIpc) is 2.70. The van der Waals surface area contributed by atoms with Crippen molar-refractivity contribution in [2.24, 2.45) is 5.73 Å². The van der Waals surface area contributed by atoms with Crippen LogP contribution in [0.5, 0.6) is 0 Å². The molecule has 0 saturated carbocycles. The molecular weight excluding hydrogens is 422 g/mol. The van der Waals surface area contributed by atoms with E-state index < -0.39 is 6.04 Å². The summed E-state index contributed by atoms with van der Waals surface area (Å²) in [6, 6.07) is 10.5. The van der Waals surface area contributed by atoms with Gasteiger partial charge in [0.1, 0.15) is 0 Å². The third-order valence-corrected chi connectivity index (χ3v) is 5.29. The number of anilines is 1. The molecule has 28 heavy (non-hydrogen) atoms. The predicted molar refractivity (Wildman–Crippen MR) is 112 cm³/mol. The summed E-state index contributed by atoms with van der Waals surface area (Å²) in [5, 5.41) is 5.74. The highest BCUT2D eigenvalue weighted by atomic mass is 79.9. The summed E-state index contributed by atoms with van der Waals surface area (Å²) in [5.41, 5.74) is 7.86. The zero-order chi connectivity index (χ0) is 19.9. The van der Waals surface area contributed by atoms with E-state index in [1.807, 2.05) is 24.3 Å². The number of hydrogen-bond donors (Lipinski definition) is 3. The van der Waals surface area contributed by atoms with E-state index in [0.29, 0.717) is 38.0 Å². The van der Waals surface area contributed by atoms with Crippen LogP contribution in [0.4, 0.5) is 10.5 Å². The summed E-state index contributed by atoms with van der Waals surface area (Å²) in [5.74, 6) is -0.0393. The van der Waals surface area contributed by atoms with Crippen LogP contribution in [-0.4, -0.2) is 47.0 Å². The van der Waals surface area contributed by atoms with Gasteiger partial charge >= 0.3 is 6.03 Å². The minimum atomic E-state index is -0.555. The maximum Gasteiger partial charge on any atom is 0.319 e. The van der Waals surface area contributed by atoms with Crippen molar-refractivity contribution in [3.05, 3.63) is 58.8 Å². The first-order chi connectivity index (χ1) is 13.5. The Hall–Kier alpha value is -2.45. The van der Waals surface area contributed by atoms with Crippen LogP contribution in [0, 0.1) is 0 Å². The summed E-state index contributed by atoms with van der Waals surface area (Å²) >= 11 is 3.40. The highest BCUT2D eigenvalue weighted by molar-refractivity contribution is 9.10. The normalized spacial score (nSPS) is 15.7. The van der Waals surface area contributed by atoms with Crippen LogP contribution in [0.3, 0.4) is 0 Å². The van der Waals surface area contributed by atoms with Gasteiger partial charge in [0.2, 0.25) is 5.91 Å². The van der Waals surface area contributed by atoms with E-state index in [4.69, 9.17) is 5.73 Å². The highest BCUT2D eigenvalue weighted by Crippen LogP contribution is 2.15. The van der Waals surface area contributed by atoms with Gasteiger partial charge in [-0.15, -0.1) is 0 Å². The quantitative estimate of drug-likeness (QED) is 0.657. The Bertz CT molecular complexity index is 792. The second kappa shape index (κ2) is 9.66. The van der Waals surface area contributed by atoms with Crippen LogP contribution in [0.25, 0.3) is 0 Å². The topological polar surface area (TPSA) is 100 Å². The van der Waals surface area contributed by atoms with Gasteiger partial charge in [0.15, 0.2) is 0 Å². The Kier molecular flexibility index (Phi) is 7.00. The molecule has 1 saturated heterocycles. The van der Waals surface area contributed by atoms with Crippen LogP contribution in [0.15, 0.2) is 53.3 Å². The fraction of sp³-hybridized carbons (Fsp3) is 0.350. The van der Waals surface area contributed by atoms with E-state index in [0.717, 1.165) is 10.0 Å². The van der Waals surface area contributed by atoms with Crippen molar-refractivity contribution in [2.75, 3.05) is 18.4 Å². The molecule has 0 spiro atoms. The number of pyridine rings is 1. The minimum absolute atomic E-state index is 0.0357. The summed E-state index contributed by atoms with van der Waals surface area (Å²) in [6.07, 6.45) is 5.17. The molecule has 0 aliphatic carbocycles. The number of rotatable bonds is 5. The first-order valence-corrected chi connectivity index (χ1v) is 10.1. The van der Waals surface area contributed by atoms with Gasteiger partial charge in [-0.1, -0.05) is 28.1 Å². The lowest BCUT2D eigenvalue weighted by molar-refractivity contribution is -0.133. The molecule has 0 radical (unpaired) electrons. The second-order valence-electron chi connectivity index (χ2n) is 6.87. The Balaban J connectivity index is 1.43. The molecule has 1 aromatic carbocycles. The predicted octanol–water partition coefficient (Wildman–Crippen LogP) is 2.53. The van der Waals surface area contributed by atoms with Crippen LogP contribution < -0.4 is 16.4 Å². The molecule has 3 rings (SSSR count). The zero-order valence-electron chi connectivity index (χ0n) is 15.5. The summed E-state index contributed by atoms with van der Waals surface area (Å²) in [7, 11) is 0. The van der Waals surface area contributed by atoms with Gasteiger partial charge in [0.05, 0.1) is 6.04 Å². The van der Waals surface area contributed by atoms with Gasteiger partial charge in [-0.05, 0) is 49.1 Å². The van der Waals surface area contributed by atoms with Gasteiger partial charge in [0, 0.05) is 41.7 Å². The smallest absolute Gasteiger partial charge is 0.319 e. The van der Waals surface area contributed by atoms with Crippen molar-refractivity contribution < 1.29 is 9.59 Å². The van der Waals surface area contributed by atoms with Gasteiger partial charge in [-0.3, -0.25) is 9.78 Å². The number of nitrogens with one attached hydrogen (secondary N) is 2. The largest absolute Gasteiger partial charge is 0.341 e. The minimum Gasteiger partial charge on any atom is -0.341 e. The van der Waals surface area contributed by atoms with Crippen molar-refractivity contribution in [3.8, 4) is 0 Å². The van der Waals surface area contributed by atoms with Crippen LogP contribution in [-0.2, 0) is 11.2 Å². The molecule has 1 aliphatic heterocycles. The van der Waals surface area contributed by atoms with E-state index >= 15 is 0 Å². The first kappa shape index (κ1) is 20.3. The number of benzene rings is 1. The van der Waals surface area contributed by atoms with Crippen LogP contribution in [0.2, 0.25) is 0 Å². The molecule has 1 aromatic heterocycles. The van der Waals surface area contributed by atoms with E-state index in [-0.39, 0.29) is 18.0 Å². The number of nitrogens with two attached hydrogens (primary N) is 1. The molecule has 8 heteroatoms. The zero-order valence-corrected chi connectivity index (χ0v) is 17.1. The monoisotopic (exact) mass is 445 g/mol. The third-order valence-electron chi connectivity index (χ3n) is 4.77. The second-order valence-corrected chi connectivity index (χ2v) is 7.79. The van der Waals surface area contributed by atoms with E-state index in [1.54, 1.807) is 29.4 Å². The van der Waals surface area contributed by atoms with Crippen molar-refractivity contribution in [2.45, 2.75) is 31.3 Å². The summed E-state index contributed by atoms with van der Waals surface area (Å²) in [4.78, 5) is 30.4. The van der Waals surface area contributed by atoms with E-state index in [1.165, 1.54) is 0 Å². The summed E-state index contributed by atoms with van der Waals surface area (Å²) < 4.78 is 0.999. The molecule has 4 N–H and O–H groups in total. The molecule has 2 aromatic rings.